The lowest BCUT2D eigenvalue weighted by molar-refractivity contribution is -0.131. The Morgan fingerprint density at radius 1 is 1.12 bits per heavy atom. The summed E-state index contributed by atoms with van der Waals surface area (Å²) in [5.41, 5.74) is 1.15. The van der Waals surface area contributed by atoms with Gasteiger partial charge in [-0.25, -0.2) is 9.59 Å². The van der Waals surface area contributed by atoms with Crippen molar-refractivity contribution in [3.05, 3.63) is 71.8 Å². The molecule has 3 N–H and O–H groups in total. The SMILES string of the molecule is CC(=O)c1ccc(NC(=O)O[C@@H](c2cccc(OCCO)c2)C(C)(C)CC/C=C/C(=O)O)cc1. The molecule has 0 radical (unpaired) electrons. The van der Waals surface area contributed by atoms with Gasteiger partial charge in [0.05, 0.1) is 6.61 Å². The maximum atomic E-state index is 12.8. The van der Waals surface area contributed by atoms with Crippen molar-refractivity contribution in [2.45, 2.75) is 39.7 Å². The minimum Gasteiger partial charge on any atom is -0.491 e. The summed E-state index contributed by atoms with van der Waals surface area (Å²) < 4.78 is 11.4. The Balaban J connectivity index is 2.24. The lowest BCUT2D eigenvalue weighted by Crippen LogP contribution is -2.29. The van der Waals surface area contributed by atoms with E-state index in [4.69, 9.17) is 19.7 Å². The number of ether oxygens (including phenoxy) is 2. The van der Waals surface area contributed by atoms with Crippen molar-refractivity contribution in [1.29, 1.82) is 0 Å². The molecule has 0 aromatic heterocycles. The first-order chi connectivity index (χ1) is 16.1. The van der Waals surface area contributed by atoms with Gasteiger partial charge in [-0.05, 0) is 61.7 Å². The van der Waals surface area contributed by atoms with Crippen LogP contribution in [0.3, 0.4) is 0 Å². The first-order valence-electron chi connectivity index (χ1n) is 10.9. The van der Waals surface area contributed by atoms with Crippen LogP contribution in [-0.2, 0) is 9.53 Å². The lowest BCUT2D eigenvalue weighted by atomic mass is 9.78. The average Bonchev–Trinajstić information content (AvgIpc) is 2.79. The molecule has 1 atom stereocenters. The summed E-state index contributed by atoms with van der Waals surface area (Å²) in [7, 11) is 0. The molecule has 182 valence electrons. The molecule has 8 nitrogen and oxygen atoms in total. The van der Waals surface area contributed by atoms with E-state index in [0.29, 0.717) is 35.4 Å². The monoisotopic (exact) mass is 469 g/mol. The molecule has 34 heavy (non-hydrogen) atoms. The number of carboxylic acid groups (broad SMARTS) is 1. The average molecular weight is 470 g/mol. The Labute approximate surface area is 199 Å². The van der Waals surface area contributed by atoms with Crippen LogP contribution < -0.4 is 10.1 Å². The van der Waals surface area contributed by atoms with E-state index < -0.39 is 23.6 Å². The van der Waals surface area contributed by atoms with Crippen LogP contribution in [0.1, 0.15) is 55.6 Å². The van der Waals surface area contributed by atoms with Crippen LogP contribution in [-0.4, -0.2) is 41.3 Å². The van der Waals surface area contributed by atoms with Crippen molar-refractivity contribution in [3.63, 3.8) is 0 Å². The number of nitrogens with one attached hydrogen (secondary N) is 1. The third-order valence-electron chi connectivity index (χ3n) is 5.21. The number of anilines is 1. The van der Waals surface area contributed by atoms with Gasteiger partial charge in [0.25, 0.3) is 0 Å². The van der Waals surface area contributed by atoms with Gasteiger partial charge in [-0.15, -0.1) is 0 Å². The molecule has 0 spiro atoms. The van der Waals surface area contributed by atoms with Crippen molar-refractivity contribution in [3.8, 4) is 5.75 Å². The first kappa shape index (κ1) is 26.6. The maximum Gasteiger partial charge on any atom is 0.412 e. The lowest BCUT2D eigenvalue weighted by Gasteiger charge is -2.34. The van der Waals surface area contributed by atoms with Crippen LogP contribution in [0.2, 0.25) is 0 Å². The van der Waals surface area contributed by atoms with Gasteiger partial charge in [-0.2, -0.15) is 0 Å². The van der Waals surface area contributed by atoms with Crippen molar-refractivity contribution in [2.75, 3.05) is 18.5 Å². The number of aliphatic hydroxyl groups excluding tert-OH is 1. The summed E-state index contributed by atoms with van der Waals surface area (Å²) in [5.74, 6) is -0.562. The number of allylic oxidation sites excluding steroid dienone is 1. The quantitative estimate of drug-likeness (QED) is 0.295. The molecule has 0 saturated carbocycles. The Morgan fingerprint density at radius 3 is 2.44 bits per heavy atom. The summed E-state index contributed by atoms with van der Waals surface area (Å²) >= 11 is 0. The molecule has 2 rings (SSSR count). The van der Waals surface area contributed by atoms with Gasteiger partial charge in [0.2, 0.25) is 0 Å². The molecule has 0 fully saturated rings. The number of Topliss-reactive ketones (excluding diaryl/α,β-unsaturated/α-hetero) is 1. The topological polar surface area (TPSA) is 122 Å². The highest BCUT2D eigenvalue weighted by molar-refractivity contribution is 5.95. The Bertz CT molecular complexity index is 1010. The predicted molar refractivity (Wildman–Crippen MR) is 128 cm³/mol. The third-order valence-corrected chi connectivity index (χ3v) is 5.21. The van der Waals surface area contributed by atoms with Crippen LogP contribution in [0.25, 0.3) is 0 Å². The number of ketones is 1. The summed E-state index contributed by atoms with van der Waals surface area (Å²) in [5, 5.41) is 20.5. The van der Waals surface area contributed by atoms with E-state index in [1.165, 1.54) is 6.92 Å². The predicted octanol–water partition coefficient (Wildman–Crippen LogP) is 5.00. The zero-order valence-electron chi connectivity index (χ0n) is 19.6. The number of carbonyl (C=O) groups is 3. The number of aliphatic carboxylic acids is 1. The van der Waals surface area contributed by atoms with E-state index >= 15 is 0 Å². The number of aliphatic hydroxyl groups is 1. The molecular formula is C26H31NO7. The van der Waals surface area contributed by atoms with Crippen LogP contribution in [0.4, 0.5) is 10.5 Å². The smallest absolute Gasteiger partial charge is 0.412 e. The van der Waals surface area contributed by atoms with Crippen LogP contribution in [0.5, 0.6) is 5.75 Å². The van der Waals surface area contributed by atoms with Gasteiger partial charge in [-0.1, -0.05) is 32.1 Å². The van der Waals surface area contributed by atoms with Crippen molar-refractivity contribution < 1.29 is 34.1 Å². The zero-order chi connectivity index (χ0) is 25.1. The minimum absolute atomic E-state index is 0.0730. The van der Waals surface area contributed by atoms with Crippen molar-refractivity contribution in [1.82, 2.24) is 0 Å². The largest absolute Gasteiger partial charge is 0.491 e. The van der Waals surface area contributed by atoms with E-state index in [-0.39, 0.29) is 19.0 Å². The molecule has 8 heteroatoms. The molecule has 2 aromatic carbocycles. The minimum atomic E-state index is -1.02. The molecule has 0 heterocycles. The van der Waals surface area contributed by atoms with Gasteiger partial charge >= 0.3 is 12.1 Å². The third kappa shape index (κ3) is 8.37. The Hall–Kier alpha value is -3.65. The van der Waals surface area contributed by atoms with Gasteiger partial charge in [0, 0.05) is 22.7 Å². The molecule has 0 saturated heterocycles. The summed E-state index contributed by atoms with van der Waals surface area (Å²) in [6.07, 6.45) is 2.33. The van der Waals surface area contributed by atoms with Gasteiger partial charge in [-0.3, -0.25) is 10.1 Å². The number of amides is 1. The summed E-state index contributed by atoms with van der Waals surface area (Å²) in [4.78, 5) is 35.0. The van der Waals surface area contributed by atoms with Gasteiger partial charge in [0.1, 0.15) is 18.5 Å². The van der Waals surface area contributed by atoms with E-state index in [1.54, 1.807) is 48.5 Å². The number of rotatable bonds is 12. The second kappa shape index (κ2) is 12.6. The fourth-order valence-corrected chi connectivity index (χ4v) is 3.42. The molecular weight excluding hydrogens is 438 g/mol. The highest BCUT2D eigenvalue weighted by atomic mass is 16.6. The molecule has 0 aliphatic rings. The number of carbonyl (C=O) groups excluding carboxylic acids is 2. The molecule has 0 bridgehead atoms. The maximum absolute atomic E-state index is 12.8. The fourth-order valence-electron chi connectivity index (χ4n) is 3.42. The molecule has 1 amide bonds. The number of hydrogen-bond acceptors (Lipinski definition) is 6. The molecule has 0 unspecified atom stereocenters. The van der Waals surface area contributed by atoms with Gasteiger partial charge < -0.3 is 19.7 Å². The van der Waals surface area contributed by atoms with E-state index in [0.717, 1.165) is 6.08 Å². The van der Waals surface area contributed by atoms with E-state index in [1.807, 2.05) is 19.9 Å². The van der Waals surface area contributed by atoms with Crippen LogP contribution in [0, 0.1) is 5.41 Å². The van der Waals surface area contributed by atoms with Crippen molar-refractivity contribution in [2.24, 2.45) is 5.41 Å². The Kier molecular flexibility index (Phi) is 9.82. The number of benzene rings is 2. The summed E-state index contributed by atoms with van der Waals surface area (Å²) in [6.45, 7) is 5.34. The molecule has 0 aliphatic heterocycles. The number of carboxylic acids is 1. The van der Waals surface area contributed by atoms with Crippen LogP contribution >= 0.6 is 0 Å². The van der Waals surface area contributed by atoms with Crippen LogP contribution in [0.15, 0.2) is 60.7 Å². The highest BCUT2D eigenvalue weighted by Crippen LogP contribution is 2.41. The van der Waals surface area contributed by atoms with E-state index in [9.17, 15) is 14.4 Å². The zero-order valence-corrected chi connectivity index (χ0v) is 19.6. The Morgan fingerprint density at radius 2 is 1.82 bits per heavy atom. The highest BCUT2D eigenvalue weighted by Gasteiger charge is 2.34. The number of hydrogen-bond donors (Lipinski definition) is 3. The fraction of sp³-hybridized carbons (Fsp3) is 0.346. The van der Waals surface area contributed by atoms with Gasteiger partial charge in [0.15, 0.2) is 5.78 Å². The molecule has 2 aromatic rings. The second-order valence-corrected chi connectivity index (χ2v) is 8.46. The standard InChI is InChI=1S/C26H31NO7/c1-18(29)19-10-12-21(13-11-19)27-25(32)34-24(26(2,3)14-5-4-9-23(30)31)20-7-6-8-22(17-20)33-16-15-28/h4,6-13,17,24,28H,5,14-16H2,1-3H3,(H,27,32)(H,30,31)/b9-4+/t24-/m0/s1. The van der Waals surface area contributed by atoms with Crippen molar-refractivity contribution >= 4 is 23.5 Å². The normalized spacial score (nSPS) is 12.2. The first-order valence-corrected chi connectivity index (χ1v) is 10.9. The summed E-state index contributed by atoms with van der Waals surface area (Å²) in [6, 6.07) is 13.6. The molecule has 0 aliphatic carbocycles. The van der Waals surface area contributed by atoms with E-state index in [2.05, 4.69) is 5.32 Å². The second-order valence-electron chi connectivity index (χ2n) is 8.46.